The van der Waals surface area contributed by atoms with Crippen molar-refractivity contribution in [3.63, 3.8) is 0 Å². The number of hydrogen-bond acceptors (Lipinski definition) is 9. The number of nitrogens with one attached hydrogen (secondary N) is 2. The number of ether oxygens (including phenoxy) is 4. The number of hydrogen-bond donors (Lipinski definition) is 4. The van der Waals surface area contributed by atoms with Gasteiger partial charge in [-0.25, -0.2) is 0 Å². The summed E-state index contributed by atoms with van der Waals surface area (Å²) < 4.78 is 24.5. The topological polar surface area (TPSA) is 105 Å². The molecule has 0 spiro atoms. The van der Waals surface area contributed by atoms with Crippen LogP contribution in [0, 0.1) is 0 Å². The molecule has 2 heterocycles. The van der Waals surface area contributed by atoms with Crippen molar-refractivity contribution < 1.29 is 29.2 Å². The number of nitrogens with zero attached hydrogens (tertiary/aromatic N) is 1. The Balaban J connectivity index is 1.47. The zero-order valence-corrected chi connectivity index (χ0v) is 23.6. The molecule has 216 valence electrons. The van der Waals surface area contributed by atoms with Crippen molar-refractivity contribution >= 4 is 0 Å². The first-order chi connectivity index (χ1) is 20.0. The number of methoxy groups -OCH3 is 2. The normalized spacial score (nSPS) is 20.5. The average molecular weight is 560 g/mol. The molecule has 0 radical (unpaired) electrons. The predicted octanol–water partition coefficient (Wildman–Crippen LogP) is 4.38. The quantitative estimate of drug-likeness (QED) is 0.284. The molecule has 4 N–H and O–H groups in total. The van der Waals surface area contributed by atoms with Gasteiger partial charge in [0.2, 0.25) is 0 Å². The van der Waals surface area contributed by atoms with Crippen LogP contribution in [-0.2, 0) is 17.6 Å². The molecule has 41 heavy (non-hydrogen) atoms. The van der Waals surface area contributed by atoms with Crippen LogP contribution in [0.15, 0.2) is 54.9 Å². The van der Waals surface area contributed by atoms with Gasteiger partial charge in [0.25, 0.3) is 0 Å². The highest BCUT2D eigenvalue weighted by Crippen LogP contribution is 2.53. The van der Waals surface area contributed by atoms with Gasteiger partial charge in [0, 0.05) is 42.6 Å². The van der Waals surface area contributed by atoms with Gasteiger partial charge in [-0.1, -0.05) is 12.1 Å². The van der Waals surface area contributed by atoms with Gasteiger partial charge in [-0.05, 0) is 72.3 Å². The monoisotopic (exact) mass is 559 g/mol. The lowest BCUT2D eigenvalue weighted by atomic mass is 9.73. The van der Waals surface area contributed by atoms with Gasteiger partial charge in [-0.3, -0.25) is 5.32 Å². The summed E-state index contributed by atoms with van der Waals surface area (Å²) in [7, 11) is 5.08. The summed E-state index contributed by atoms with van der Waals surface area (Å²) in [5.41, 5.74) is 6.47. The van der Waals surface area contributed by atoms with E-state index >= 15 is 0 Å². The second-order valence-corrected chi connectivity index (χ2v) is 10.7. The van der Waals surface area contributed by atoms with Crippen molar-refractivity contribution in [3.8, 4) is 39.9 Å². The molecule has 1 aliphatic carbocycles. The second-order valence-electron chi connectivity index (χ2n) is 10.7. The number of phenols is 2. The Morgan fingerprint density at radius 3 is 2.66 bits per heavy atom. The molecule has 0 saturated heterocycles. The Hall–Kier alpha value is -4.08. The summed E-state index contributed by atoms with van der Waals surface area (Å²) in [5, 5.41) is 26.9. The Bertz CT molecular complexity index is 1460. The minimum Gasteiger partial charge on any atom is -0.508 e. The summed E-state index contributed by atoms with van der Waals surface area (Å²) in [6.45, 7) is 2.06. The van der Waals surface area contributed by atoms with E-state index in [9.17, 15) is 10.2 Å². The maximum Gasteiger partial charge on any atom is 0.160 e. The molecule has 9 heteroatoms. The summed E-state index contributed by atoms with van der Waals surface area (Å²) in [6, 6.07) is 12.9. The molecule has 9 nitrogen and oxygen atoms in total. The Labute approximate surface area is 240 Å². The van der Waals surface area contributed by atoms with E-state index in [0.717, 1.165) is 65.4 Å². The lowest BCUT2D eigenvalue weighted by Crippen LogP contribution is -2.36. The molecule has 2 aliphatic heterocycles. The van der Waals surface area contributed by atoms with E-state index < -0.39 is 6.10 Å². The van der Waals surface area contributed by atoms with Gasteiger partial charge in [-0.15, -0.1) is 0 Å². The fourth-order valence-corrected chi connectivity index (χ4v) is 6.37. The summed E-state index contributed by atoms with van der Waals surface area (Å²) in [4.78, 5) is 2.27. The third kappa shape index (κ3) is 5.11. The van der Waals surface area contributed by atoms with Gasteiger partial charge >= 0.3 is 0 Å². The number of aromatic hydroxyl groups is 2. The van der Waals surface area contributed by atoms with Gasteiger partial charge in [-0.2, -0.15) is 0 Å². The maximum atomic E-state index is 10.3. The van der Waals surface area contributed by atoms with Crippen LogP contribution >= 0.6 is 0 Å². The Kier molecular flexibility index (Phi) is 7.55. The SMILES string of the molecule is CNCO[C@@H]1Cc2c(cc(OC)c3c2[C@@H](CCN2C=CNC2)Cc2cc(O)ccc2-3)O[C@@H]1c1ccc(O)c(OC)c1. The molecular weight excluding hydrogens is 522 g/mol. The molecule has 3 aromatic carbocycles. The molecule has 0 saturated carbocycles. The van der Waals surface area contributed by atoms with E-state index in [4.69, 9.17) is 18.9 Å². The minimum absolute atomic E-state index is 0.0754. The smallest absolute Gasteiger partial charge is 0.160 e. The van der Waals surface area contributed by atoms with E-state index in [0.29, 0.717) is 18.9 Å². The molecule has 0 aromatic heterocycles. The van der Waals surface area contributed by atoms with Gasteiger partial charge in [0.1, 0.15) is 23.4 Å². The van der Waals surface area contributed by atoms with Gasteiger partial charge < -0.3 is 39.4 Å². The van der Waals surface area contributed by atoms with E-state index in [1.807, 2.05) is 37.5 Å². The van der Waals surface area contributed by atoms with E-state index in [1.54, 1.807) is 25.3 Å². The van der Waals surface area contributed by atoms with Crippen LogP contribution in [0.2, 0.25) is 0 Å². The number of rotatable bonds is 9. The number of benzene rings is 3. The number of fused-ring (bicyclic) bond motifs is 5. The second kappa shape index (κ2) is 11.4. The maximum absolute atomic E-state index is 10.3. The lowest BCUT2D eigenvalue weighted by molar-refractivity contribution is -0.0429. The van der Waals surface area contributed by atoms with Crippen molar-refractivity contribution in [3.05, 3.63) is 77.1 Å². The molecule has 0 unspecified atom stereocenters. The first-order valence-corrected chi connectivity index (χ1v) is 14.0. The third-order valence-corrected chi connectivity index (χ3v) is 8.29. The largest absolute Gasteiger partial charge is 0.508 e. The molecule has 3 aliphatic rings. The fourth-order valence-electron chi connectivity index (χ4n) is 6.37. The van der Waals surface area contributed by atoms with Crippen molar-refractivity contribution in [2.45, 2.75) is 37.4 Å². The summed E-state index contributed by atoms with van der Waals surface area (Å²) >= 11 is 0. The number of phenolic OH excluding ortho intramolecular Hbond substituents is 2. The van der Waals surface area contributed by atoms with E-state index in [2.05, 4.69) is 21.7 Å². The molecule has 0 fully saturated rings. The van der Waals surface area contributed by atoms with Crippen LogP contribution in [0.5, 0.6) is 28.7 Å². The fraction of sp³-hybridized carbons (Fsp3) is 0.375. The van der Waals surface area contributed by atoms with Crippen LogP contribution in [0.25, 0.3) is 11.1 Å². The first-order valence-electron chi connectivity index (χ1n) is 14.0. The Morgan fingerprint density at radius 1 is 1.05 bits per heavy atom. The molecular formula is C32H37N3O6. The van der Waals surface area contributed by atoms with Crippen molar-refractivity contribution in [2.75, 3.05) is 41.2 Å². The first kappa shape index (κ1) is 27.1. The highest BCUT2D eigenvalue weighted by atomic mass is 16.6. The Morgan fingerprint density at radius 2 is 1.90 bits per heavy atom. The molecule has 0 amide bonds. The third-order valence-electron chi connectivity index (χ3n) is 8.29. The van der Waals surface area contributed by atoms with Crippen LogP contribution < -0.4 is 24.8 Å². The van der Waals surface area contributed by atoms with Gasteiger partial charge in [0.05, 0.1) is 27.6 Å². The zero-order valence-electron chi connectivity index (χ0n) is 23.6. The van der Waals surface area contributed by atoms with Crippen molar-refractivity contribution in [1.82, 2.24) is 15.5 Å². The van der Waals surface area contributed by atoms with Crippen LogP contribution in [0.3, 0.4) is 0 Å². The van der Waals surface area contributed by atoms with Crippen LogP contribution in [-0.4, -0.2) is 62.4 Å². The van der Waals surface area contributed by atoms with Gasteiger partial charge in [0.15, 0.2) is 17.6 Å². The van der Waals surface area contributed by atoms with Crippen LogP contribution in [0.4, 0.5) is 0 Å². The van der Waals surface area contributed by atoms with Crippen molar-refractivity contribution in [2.24, 2.45) is 0 Å². The van der Waals surface area contributed by atoms with Crippen LogP contribution in [0.1, 0.15) is 40.7 Å². The highest BCUT2D eigenvalue weighted by Gasteiger charge is 2.39. The standard InChI is InChI=1S/C32H37N3O6/c1-33-18-40-29-15-24-26(41-32(29)20-4-7-25(37)27(14-20)38-2)16-28(39-3)31-23-6-5-22(36)13-21(23)12-19(30(24)31)8-10-35-11-9-34-17-35/h4-7,9,11,13-14,16,19,29,32-34,36-37H,8,10,12,15,17-18H2,1-3H3/t19-,29+,32+/m0/s1. The highest BCUT2D eigenvalue weighted by molar-refractivity contribution is 5.83. The van der Waals surface area contributed by atoms with E-state index in [-0.39, 0.29) is 23.5 Å². The molecule has 0 bridgehead atoms. The predicted molar refractivity (Wildman–Crippen MR) is 156 cm³/mol. The lowest BCUT2D eigenvalue weighted by Gasteiger charge is -2.39. The van der Waals surface area contributed by atoms with E-state index in [1.165, 1.54) is 12.7 Å². The zero-order chi connectivity index (χ0) is 28.5. The molecule has 3 atom stereocenters. The average Bonchev–Trinajstić information content (AvgIpc) is 3.51. The molecule has 3 aromatic rings. The minimum atomic E-state index is -0.416. The summed E-state index contributed by atoms with van der Waals surface area (Å²) in [5.74, 6) is 2.44. The molecule has 6 rings (SSSR count). The van der Waals surface area contributed by atoms with Crippen molar-refractivity contribution in [1.29, 1.82) is 0 Å². The summed E-state index contributed by atoms with van der Waals surface area (Å²) in [6.07, 6.45) is 5.74.